The van der Waals surface area contributed by atoms with Crippen molar-refractivity contribution >= 4 is 30.9 Å². The summed E-state index contributed by atoms with van der Waals surface area (Å²) in [5, 5.41) is 8.57. The SMILES string of the molecule is C=NCS/C=C(\N=C)c1cccnc1Cc1ccccc1.c1ccc(C2CNCN2)cc1. The maximum absolute atomic E-state index is 4.50. The summed E-state index contributed by atoms with van der Waals surface area (Å²) in [5.74, 6) is 0.604. The Labute approximate surface area is 194 Å². The normalized spacial score (nSPS) is 15.5. The quantitative estimate of drug-likeness (QED) is 0.382. The molecule has 1 fully saturated rings. The maximum Gasteiger partial charge on any atom is 0.0877 e. The van der Waals surface area contributed by atoms with Gasteiger partial charge in [0.15, 0.2) is 0 Å². The molecule has 0 bridgehead atoms. The first-order valence-corrected chi connectivity index (χ1v) is 11.5. The third kappa shape index (κ3) is 7.27. The van der Waals surface area contributed by atoms with Gasteiger partial charge >= 0.3 is 0 Å². The summed E-state index contributed by atoms with van der Waals surface area (Å²) in [4.78, 5) is 12.4. The number of pyridine rings is 1. The van der Waals surface area contributed by atoms with E-state index < -0.39 is 0 Å². The van der Waals surface area contributed by atoms with Crippen molar-refractivity contribution in [2.24, 2.45) is 9.98 Å². The number of hydrogen-bond donors (Lipinski definition) is 2. The maximum atomic E-state index is 4.50. The van der Waals surface area contributed by atoms with E-state index in [4.69, 9.17) is 0 Å². The van der Waals surface area contributed by atoms with Crippen LogP contribution in [-0.4, -0.2) is 37.5 Å². The molecule has 2 heterocycles. The summed E-state index contributed by atoms with van der Waals surface area (Å²) in [6.45, 7) is 9.11. The molecule has 1 saturated heterocycles. The molecule has 1 aromatic heterocycles. The zero-order chi connectivity index (χ0) is 22.4. The van der Waals surface area contributed by atoms with E-state index in [0.29, 0.717) is 11.9 Å². The van der Waals surface area contributed by atoms with Gasteiger partial charge < -0.3 is 5.32 Å². The summed E-state index contributed by atoms with van der Waals surface area (Å²) in [6, 6.07) is 25.2. The van der Waals surface area contributed by atoms with Crippen molar-refractivity contribution in [1.82, 2.24) is 15.6 Å². The minimum absolute atomic E-state index is 0.510. The van der Waals surface area contributed by atoms with E-state index >= 15 is 0 Å². The number of nitrogens with zero attached hydrogens (tertiary/aromatic N) is 3. The van der Waals surface area contributed by atoms with Crippen molar-refractivity contribution in [3.8, 4) is 0 Å². The molecule has 1 atom stereocenters. The van der Waals surface area contributed by atoms with Crippen LogP contribution < -0.4 is 10.6 Å². The van der Waals surface area contributed by atoms with Gasteiger partial charge in [0.2, 0.25) is 0 Å². The molecule has 164 valence electrons. The van der Waals surface area contributed by atoms with Crippen molar-refractivity contribution in [2.45, 2.75) is 12.5 Å². The second-order valence-corrected chi connectivity index (χ2v) is 7.97. The Hall–Kier alpha value is -3.06. The predicted octanol–water partition coefficient (Wildman–Crippen LogP) is 4.94. The number of nitrogens with one attached hydrogen (secondary N) is 2. The van der Waals surface area contributed by atoms with Crippen LogP contribution in [0.4, 0.5) is 0 Å². The molecule has 2 aromatic carbocycles. The molecule has 3 aromatic rings. The summed E-state index contributed by atoms with van der Waals surface area (Å²) >= 11 is 1.54. The zero-order valence-electron chi connectivity index (χ0n) is 18.2. The number of rotatable bonds is 8. The Balaban J connectivity index is 0.000000219. The molecule has 2 N–H and O–H groups in total. The van der Waals surface area contributed by atoms with Crippen LogP contribution in [0.25, 0.3) is 5.70 Å². The van der Waals surface area contributed by atoms with Crippen LogP contribution >= 0.6 is 11.8 Å². The van der Waals surface area contributed by atoms with E-state index in [1.165, 1.54) is 11.1 Å². The van der Waals surface area contributed by atoms with Gasteiger partial charge in [0.25, 0.3) is 0 Å². The van der Waals surface area contributed by atoms with Crippen LogP contribution in [0.2, 0.25) is 0 Å². The van der Waals surface area contributed by atoms with Gasteiger partial charge in [0, 0.05) is 37.4 Å². The third-order valence-corrected chi connectivity index (χ3v) is 5.66. The molecular formula is C26H29N5S. The molecule has 0 aliphatic carbocycles. The van der Waals surface area contributed by atoms with Gasteiger partial charge in [-0.25, -0.2) is 0 Å². The molecule has 0 amide bonds. The zero-order valence-corrected chi connectivity index (χ0v) is 19.0. The summed E-state index contributed by atoms with van der Waals surface area (Å²) in [7, 11) is 0. The number of aliphatic imine (C=N–C) groups is 2. The highest BCUT2D eigenvalue weighted by Crippen LogP contribution is 2.23. The van der Waals surface area contributed by atoms with Crippen LogP contribution in [0.3, 0.4) is 0 Å². The Morgan fingerprint density at radius 3 is 2.44 bits per heavy atom. The average Bonchev–Trinajstić information content (AvgIpc) is 3.40. The number of hydrogen-bond acceptors (Lipinski definition) is 6. The van der Waals surface area contributed by atoms with E-state index in [0.717, 1.165) is 36.6 Å². The van der Waals surface area contributed by atoms with Gasteiger partial charge in [-0.1, -0.05) is 60.7 Å². The van der Waals surface area contributed by atoms with Crippen molar-refractivity contribution < 1.29 is 0 Å². The third-order valence-electron chi connectivity index (χ3n) is 4.94. The predicted molar refractivity (Wildman–Crippen MR) is 138 cm³/mol. The summed E-state index contributed by atoms with van der Waals surface area (Å²) in [6.07, 6.45) is 2.58. The smallest absolute Gasteiger partial charge is 0.0877 e. The van der Waals surface area contributed by atoms with Crippen LogP contribution in [0.1, 0.15) is 28.4 Å². The van der Waals surface area contributed by atoms with Gasteiger partial charge in [-0.05, 0) is 42.1 Å². The Kier molecular flexibility index (Phi) is 9.86. The molecular weight excluding hydrogens is 414 g/mol. The fourth-order valence-corrected chi connectivity index (χ4v) is 3.90. The molecule has 0 radical (unpaired) electrons. The highest BCUT2D eigenvalue weighted by Gasteiger charge is 2.14. The van der Waals surface area contributed by atoms with E-state index in [2.05, 4.69) is 75.4 Å². The lowest BCUT2D eigenvalue weighted by Crippen LogP contribution is -2.14. The Morgan fingerprint density at radius 1 is 1.03 bits per heavy atom. The topological polar surface area (TPSA) is 61.7 Å². The van der Waals surface area contributed by atoms with Crippen LogP contribution in [0.5, 0.6) is 0 Å². The standard InChI is InChI=1S/C17H17N3S.C9H12N2/c1-18-13-21-12-17(19-2)15-9-6-10-20-16(15)11-14-7-4-3-5-8-14;1-2-4-8(5-3-1)9-6-10-7-11-9/h3-10,12H,1-2,11,13H2;1-5,9-11H,6-7H2/b17-12-;. The molecule has 1 aliphatic heterocycles. The molecule has 5 nitrogen and oxygen atoms in total. The van der Waals surface area contributed by atoms with Crippen molar-refractivity contribution in [1.29, 1.82) is 0 Å². The fourth-order valence-electron chi connectivity index (χ4n) is 3.36. The lowest BCUT2D eigenvalue weighted by molar-refractivity contribution is 0.677. The van der Waals surface area contributed by atoms with E-state index in [1.807, 2.05) is 41.8 Å². The largest absolute Gasteiger partial charge is 0.303 e. The van der Waals surface area contributed by atoms with E-state index in [9.17, 15) is 0 Å². The lowest BCUT2D eigenvalue weighted by Gasteiger charge is -2.09. The van der Waals surface area contributed by atoms with Crippen molar-refractivity contribution in [3.63, 3.8) is 0 Å². The molecule has 6 heteroatoms. The Morgan fingerprint density at radius 2 is 1.78 bits per heavy atom. The first kappa shape index (κ1) is 23.6. The Bertz CT molecular complexity index is 999. The highest BCUT2D eigenvalue weighted by atomic mass is 32.2. The lowest BCUT2D eigenvalue weighted by atomic mass is 10.0. The van der Waals surface area contributed by atoms with Gasteiger partial charge in [-0.3, -0.25) is 20.3 Å². The monoisotopic (exact) mass is 443 g/mol. The molecule has 4 rings (SSSR count). The number of aromatic nitrogens is 1. The number of benzene rings is 2. The molecule has 0 spiro atoms. The molecule has 32 heavy (non-hydrogen) atoms. The minimum Gasteiger partial charge on any atom is -0.303 e. The number of thioether (sulfide) groups is 1. The van der Waals surface area contributed by atoms with Crippen LogP contribution in [0.15, 0.2) is 94.4 Å². The fraction of sp³-hybridized carbons (Fsp3) is 0.192. The summed E-state index contributed by atoms with van der Waals surface area (Å²) < 4.78 is 0. The van der Waals surface area contributed by atoms with Crippen LogP contribution in [-0.2, 0) is 6.42 Å². The first-order valence-electron chi connectivity index (χ1n) is 10.5. The van der Waals surface area contributed by atoms with Gasteiger partial charge in [0.1, 0.15) is 0 Å². The summed E-state index contributed by atoms with van der Waals surface area (Å²) in [5.41, 5.74) is 5.42. The van der Waals surface area contributed by atoms with Gasteiger partial charge in [0.05, 0.1) is 17.3 Å². The molecule has 1 aliphatic rings. The van der Waals surface area contributed by atoms with E-state index in [-0.39, 0.29) is 0 Å². The van der Waals surface area contributed by atoms with Crippen molar-refractivity contribution in [3.05, 3.63) is 107 Å². The highest BCUT2D eigenvalue weighted by molar-refractivity contribution is 8.02. The molecule has 1 unspecified atom stereocenters. The first-order chi connectivity index (χ1) is 15.8. The second kappa shape index (κ2) is 13.4. The van der Waals surface area contributed by atoms with E-state index in [1.54, 1.807) is 18.0 Å². The van der Waals surface area contributed by atoms with Gasteiger partial charge in [-0.2, -0.15) is 0 Å². The average molecular weight is 444 g/mol. The van der Waals surface area contributed by atoms with Crippen LogP contribution in [0, 0.1) is 0 Å². The molecule has 0 saturated carbocycles. The second-order valence-electron chi connectivity index (χ2n) is 7.14. The van der Waals surface area contributed by atoms with Gasteiger partial charge in [-0.15, -0.1) is 11.8 Å². The van der Waals surface area contributed by atoms with Crippen molar-refractivity contribution in [2.75, 3.05) is 19.1 Å². The minimum atomic E-state index is 0.510.